The lowest BCUT2D eigenvalue weighted by atomic mass is 10.1. The van der Waals surface area contributed by atoms with Crippen molar-refractivity contribution in [3.8, 4) is 0 Å². The van der Waals surface area contributed by atoms with Gasteiger partial charge in [-0.15, -0.1) is 0 Å². The summed E-state index contributed by atoms with van der Waals surface area (Å²) in [7, 11) is 0. The Labute approximate surface area is 130 Å². The van der Waals surface area contributed by atoms with Crippen molar-refractivity contribution in [3.63, 3.8) is 0 Å². The molecular formula is C15H13ClF2N2O2. The Morgan fingerprint density at radius 3 is 2.41 bits per heavy atom. The van der Waals surface area contributed by atoms with E-state index < -0.39 is 29.3 Å². The summed E-state index contributed by atoms with van der Waals surface area (Å²) in [6, 6.07) is 9.19. The van der Waals surface area contributed by atoms with Gasteiger partial charge in [-0.2, -0.15) is 0 Å². The second-order valence-electron chi connectivity index (χ2n) is 4.47. The number of aliphatic hydroxyl groups excluding tert-OH is 1. The molecule has 0 saturated carbocycles. The summed E-state index contributed by atoms with van der Waals surface area (Å²) in [5, 5.41) is 14.9. The molecule has 7 heteroatoms. The number of carbonyl (C=O) groups excluding carboxylic acids is 1. The summed E-state index contributed by atoms with van der Waals surface area (Å²) in [4.78, 5) is 11.7. The van der Waals surface area contributed by atoms with E-state index in [4.69, 9.17) is 11.6 Å². The van der Waals surface area contributed by atoms with E-state index in [-0.39, 0.29) is 6.54 Å². The van der Waals surface area contributed by atoms with E-state index >= 15 is 0 Å². The predicted molar refractivity (Wildman–Crippen MR) is 79.8 cm³/mol. The fraction of sp³-hybridized carbons (Fsp3) is 0.133. The largest absolute Gasteiger partial charge is 0.386 e. The number of hydrogen-bond donors (Lipinski definition) is 3. The smallest absolute Gasteiger partial charge is 0.319 e. The highest BCUT2D eigenvalue weighted by Gasteiger charge is 2.18. The molecule has 2 rings (SSSR count). The zero-order chi connectivity index (χ0) is 16.1. The summed E-state index contributed by atoms with van der Waals surface area (Å²) >= 11 is 5.88. The molecule has 3 N–H and O–H groups in total. The van der Waals surface area contributed by atoms with Crippen LogP contribution >= 0.6 is 11.6 Å². The molecule has 2 aromatic carbocycles. The number of rotatable bonds is 4. The van der Waals surface area contributed by atoms with Crippen LogP contribution in [0.1, 0.15) is 11.7 Å². The first-order valence-electron chi connectivity index (χ1n) is 6.40. The maximum Gasteiger partial charge on any atom is 0.319 e. The van der Waals surface area contributed by atoms with Gasteiger partial charge in [0.2, 0.25) is 0 Å². The molecule has 0 fully saturated rings. The van der Waals surface area contributed by atoms with Crippen molar-refractivity contribution in [2.24, 2.45) is 0 Å². The molecular weight excluding hydrogens is 314 g/mol. The molecule has 0 aliphatic rings. The van der Waals surface area contributed by atoms with Gasteiger partial charge in [0.15, 0.2) is 0 Å². The second kappa shape index (κ2) is 7.20. The Hall–Kier alpha value is -2.18. The number of benzene rings is 2. The van der Waals surface area contributed by atoms with E-state index in [9.17, 15) is 18.7 Å². The van der Waals surface area contributed by atoms with Crippen LogP contribution in [-0.4, -0.2) is 17.7 Å². The van der Waals surface area contributed by atoms with Crippen molar-refractivity contribution in [1.82, 2.24) is 5.32 Å². The molecule has 0 bridgehead atoms. The number of aliphatic hydroxyl groups is 1. The number of halogens is 3. The maximum atomic E-state index is 13.5. The lowest BCUT2D eigenvalue weighted by Crippen LogP contribution is -2.33. The van der Waals surface area contributed by atoms with Crippen LogP contribution in [0.5, 0.6) is 0 Å². The Bertz CT molecular complexity index is 662. The molecule has 1 atom stereocenters. The topological polar surface area (TPSA) is 61.4 Å². The van der Waals surface area contributed by atoms with Gasteiger partial charge in [-0.1, -0.05) is 29.8 Å². The van der Waals surface area contributed by atoms with Crippen molar-refractivity contribution < 1.29 is 18.7 Å². The number of nitrogens with one attached hydrogen (secondary N) is 2. The monoisotopic (exact) mass is 326 g/mol. The fourth-order valence-corrected chi connectivity index (χ4v) is 2.03. The maximum absolute atomic E-state index is 13.5. The van der Waals surface area contributed by atoms with Crippen LogP contribution < -0.4 is 10.6 Å². The van der Waals surface area contributed by atoms with Gasteiger partial charge in [0.25, 0.3) is 0 Å². The van der Waals surface area contributed by atoms with Crippen molar-refractivity contribution >= 4 is 23.3 Å². The van der Waals surface area contributed by atoms with Crippen molar-refractivity contribution in [1.29, 1.82) is 0 Å². The van der Waals surface area contributed by atoms with Gasteiger partial charge in [0.1, 0.15) is 17.7 Å². The van der Waals surface area contributed by atoms with Crippen LogP contribution in [0.4, 0.5) is 19.3 Å². The van der Waals surface area contributed by atoms with Gasteiger partial charge in [-0.05, 0) is 24.3 Å². The van der Waals surface area contributed by atoms with E-state index in [0.717, 1.165) is 12.1 Å². The Morgan fingerprint density at radius 2 is 1.77 bits per heavy atom. The van der Waals surface area contributed by atoms with Crippen LogP contribution in [0.3, 0.4) is 0 Å². The Kier molecular flexibility index (Phi) is 5.30. The third-order valence-electron chi connectivity index (χ3n) is 2.91. The van der Waals surface area contributed by atoms with E-state index in [1.54, 1.807) is 24.3 Å². The van der Waals surface area contributed by atoms with Crippen LogP contribution in [0.2, 0.25) is 5.02 Å². The minimum atomic E-state index is -1.50. The van der Waals surface area contributed by atoms with Crippen LogP contribution in [-0.2, 0) is 0 Å². The Morgan fingerprint density at radius 1 is 1.14 bits per heavy atom. The van der Waals surface area contributed by atoms with Crippen molar-refractivity contribution in [2.45, 2.75) is 6.10 Å². The van der Waals surface area contributed by atoms with Gasteiger partial charge in [-0.25, -0.2) is 13.6 Å². The van der Waals surface area contributed by atoms with E-state index in [2.05, 4.69) is 10.6 Å². The summed E-state index contributed by atoms with van der Waals surface area (Å²) in [5.41, 5.74) is -0.103. The summed E-state index contributed by atoms with van der Waals surface area (Å²) in [6.45, 7) is -0.353. The number of para-hydroxylation sites is 1. The number of urea groups is 1. The van der Waals surface area contributed by atoms with Crippen molar-refractivity contribution in [3.05, 3.63) is 64.7 Å². The Balaban J connectivity index is 1.95. The third kappa shape index (κ3) is 3.93. The lowest BCUT2D eigenvalue weighted by molar-refractivity contribution is 0.166. The summed E-state index contributed by atoms with van der Waals surface area (Å²) < 4.78 is 27.0. The molecule has 0 spiro atoms. The third-order valence-corrected chi connectivity index (χ3v) is 3.24. The lowest BCUT2D eigenvalue weighted by Gasteiger charge is -2.14. The molecule has 2 amide bonds. The zero-order valence-corrected chi connectivity index (χ0v) is 12.1. The number of carbonyl (C=O) groups is 1. The fourth-order valence-electron chi connectivity index (χ4n) is 1.85. The highest BCUT2D eigenvalue weighted by molar-refractivity contribution is 6.33. The number of hydrogen-bond acceptors (Lipinski definition) is 2. The highest BCUT2D eigenvalue weighted by atomic mass is 35.5. The van der Waals surface area contributed by atoms with Crippen LogP contribution in [0.15, 0.2) is 42.5 Å². The average molecular weight is 327 g/mol. The normalized spacial score (nSPS) is 11.8. The SMILES string of the molecule is O=C(NCC(O)c1c(F)cccc1F)Nc1ccccc1Cl. The molecule has 0 aromatic heterocycles. The second-order valence-corrected chi connectivity index (χ2v) is 4.87. The zero-order valence-electron chi connectivity index (χ0n) is 11.3. The quantitative estimate of drug-likeness (QED) is 0.805. The molecule has 0 radical (unpaired) electrons. The molecule has 1 unspecified atom stereocenters. The highest BCUT2D eigenvalue weighted by Crippen LogP contribution is 2.21. The van der Waals surface area contributed by atoms with Crippen molar-refractivity contribution in [2.75, 3.05) is 11.9 Å². The van der Waals surface area contributed by atoms with Gasteiger partial charge >= 0.3 is 6.03 Å². The minimum absolute atomic E-state index is 0.346. The predicted octanol–water partition coefficient (Wildman–Crippen LogP) is 3.47. The molecule has 4 nitrogen and oxygen atoms in total. The first kappa shape index (κ1) is 16.2. The van der Waals surface area contributed by atoms with Crippen LogP contribution in [0, 0.1) is 11.6 Å². The molecule has 0 aliphatic heterocycles. The van der Waals surface area contributed by atoms with E-state index in [1.807, 2.05) is 0 Å². The first-order chi connectivity index (χ1) is 10.5. The van der Waals surface area contributed by atoms with Gasteiger partial charge in [0.05, 0.1) is 16.3 Å². The molecule has 116 valence electrons. The van der Waals surface area contributed by atoms with Gasteiger partial charge in [0, 0.05) is 6.54 Å². The van der Waals surface area contributed by atoms with E-state index in [0.29, 0.717) is 10.7 Å². The summed E-state index contributed by atoms with van der Waals surface area (Å²) in [5.74, 6) is -1.75. The van der Waals surface area contributed by atoms with Gasteiger partial charge < -0.3 is 15.7 Å². The molecule has 2 aromatic rings. The first-order valence-corrected chi connectivity index (χ1v) is 6.78. The molecule has 22 heavy (non-hydrogen) atoms. The van der Waals surface area contributed by atoms with Gasteiger partial charge in [-0.3, -0.25) is 0 Å². The number of anilines is 1. The molecule has 0 aliphatic carbocycles. The molecule has 0 heterocycles. The summed E-state index contributed by atoms with van der Waals surface area (Å²) in [6.07, 6.45) is -1.50. The minimum Gasteiger partial charge on any atom is -0.386 e. The van der Waals surface area contributed by atoms with E-state index in [1.165, 1.54) is 6.07 Å². The number of amides is 2. The standard InChI is InChI=1S/C15H13ClF2N2O2/c16-9-4-1-2-7-12(9)20-15(22)19-8-13(21)14-10(17)5-3-6-11(14)18/h1-7,13,21H,8H2,(H2,19,20,22). The molecule has 0 saturated heterocycles. The van der Waals surface area contributed by atoms with Crippen LogP contribution in [0.25, 0.3) is 0 Å². The average Bonchev–Trinajstić information content (AvgIpc) is 2.47.